The van der Waals surface area contributed by atoms with Crippen LogP contribution in [0, 0.1) is 6.92 Å². The second-order valence-electron chi connectivity index (χ2n) is 5.45. The third kappa shape index (κ3) is 3.74. The standard InChI is InChI=1S/C18H19NO4/c1-12-3-5-15(19-13(2)20)17(9-12)23-11-14-4-6-16-18(10-14)22-8-7-21-16/h3-6,9-10H,7-8,11H2,1-2H3,(H,19,20). The van der Waals surface area contributed by atoms with Gasteiger partial charge in [0.2, 0.25) is 5.91 Å². The molecule has 0 unspecified atom stereocenters. The second kappa shape index (κ2) is 6.60. The van der Waals surface area contributed by atoms with Crippen LogP contribution in [0.1, 0.15) is 18.1 Å². The molecule has 5 heteroatoms. The monoisotopic (exact) mass is 313 g/mol. The average molecular weight is 313 g/mol. The van der Waals surface area contributed by atoms with E-state index in [1.165, 1.54) is 6.92 Å². The van der Waals surface area contributed by atoms with Gasteiger partial charge in [0.1, 0.15) is 25.6 Å². The predicted molar refractivity (Wildman–Crippen MR) is 87.2 cm³/mol. The summed E-state index contributed by atoms with van der Waals surface area (Å²) in [5, 5.41) is 2.78. The fourth-order valence-electron chi connectivity index (χ4n) is 2.38. The number of nitrogens with one attached hydrogen (secondary N) is 1. The number of fused-ring (bicyclic) bond motifs is 1. The van der Waals surface area contributed by atoms with Gasteiger partial charge in [-0.1, -0.05) is 12.1 Å². The van der Waals surface area contributed by atoms with Crippen molar-refractivity contribution in [2.45, 2.75) is 20.5 Å². The Labute approximate surface area is 135 Å². The molecule has 120 valence electrons. The molecule has 0 saturated heterocycles. The fraction of sp³-hybridized carbons (Fsp3) is 0.278. The summed E-state index contributed by atoms with van der Waals surface area (Å²) in [5.41, 5.74) is 2.71. The minimum absolute atomic E-state index is 0.127. The lowest BCUT2D eigenvalue weighted by atomic mass is 10.2. The van der Waals surface area contributed by atoms with Gasteiger partial charge < -0.3 is 19.5 Å². The van der Waals surface area contributed by atoms with Gasteiger partial charge in [-0.2, -0.15) is 0 Å². The van der Waals surface area contributed by atoms with E-state index in [9.17, 15) is 4.79 Å². The smallest absolute Gasteiger partial charge is 0.221 e. The summed E-state index contributed by atoms with van der Waals surface area (Å²) in [7, 11) is 0. The van der Waals surface area contributed by atoms with Crippen LogP contribution in [0.25, 0.3) is 0 Å². The molecule has 0 fully saturated rings. The van der Waals surface area contributed by atoms with E-state index in [4.69, 9.17) is 14.2 Å². The first kappa shape index (κ1) is 15.2. The highest BCUT2D eigenvalue weighted by Gasteiger charge is 2.12. The quantitative estimate of drug-likeness (QED) is 0.941. The lowest BCUT2D eigenvalue weighted by Crippen LogP contribution is -2.15. The predicted octanol–water partition coefficient (Wildman–Crippen LogP) is 3.30. The summed E-state index contributed by atoms with van der Waals surface area (Å²) >= 11 is 0. The number of carbonyl (C=O) groups excluding carboxylic acids is 1. The van der Waals surface area contributed by atoms with Gasteiger partial charge in [-0.15, -0.1) is 0 Å². The zero-order valence-electron chi connectivity index (χ0n) is 13.2. The summed E-state index contributed by atoms with van der Waals surface area (Å²) in [5.74, 6) is 2.02. The van der Waals surface area contributed by atoms with Gasteiger partial charge in [0.05, 0.1) is 5.69 Å². The Kier molecular flexibility index (Phi) is 4.37. The van der Waals surface area contributed by atoms with Crippen LogP contribution in [0.5, 0.6) is 17.2 Å². The molecule has 2 aromatic carbocycles. The molecule has 1 N–H and O–H groups in total. The van der Waals surface area contributed by atoms with E-state index in [0.717, 1.165) is 22.6 Å². The Bertz CT molecular complexity index is 727. The Morgan fingerprint density at radius 3 is 2.70 bits per heavy atom. The number of benzene rings is 2. The molecule has 1 heterocycles. The van der Waals surface area contributed by atoms with Crippen LogP contribution < -0.4 is 19.5 Å². The SMILES string of the molecule is CC(=O)Nc1ccc(C)cc1OCc1ccc2c(c1)OCCO2. The van der Waals surface area contributed by atoms with Crippen LogP contribution in [0.15, 0.2) is 36.4 Å². The topological polar surface area (TPSA) is 56.8 Å². The third-order valence-electron chi connectivity index (χ3n) is 3.45. The van der Waals surface area contributed by atoms with Gasteiger partial charge in [0.15, 0.2) is 11.5 Å². The average Bonchev–Trinajstić information content (AvgIpc) is 2.54. The normalized spacial score (nSPS) is 12.6. The highest BCUT2D eigenvalue weighted by molar-refractivity contribution is 5.90. The minimum Gasteiger partial charge on any atom is -0.487 e. The Hall–Kier alpha value is -2.69. The van der Waals surface area contributed by atoms with E-state index in [2.05, 4.69) is 5.32 Å². The van der Waals surface area contributed by atoms with Gasteiger partial charge in [0, 0.05) is 6.92 Å². The van der Waals surface area contributed by atoms with Crippen LogP contribution in [-0.4, -0.2) is 19.1 Å². The number of anilines is 1. The molecule has 0 radical (unpaired) electrons. The lowest BCUT2D eigenvalue weighted by Gasteiger charge is -2.19. The first-order valence-electron chi connectivity index (χ1n) is 7.51. The minimum atomic E-state index is -0.127. The summed E-state index contributed by atoms with van der Waals surface area (Å²) in [6.07, 6.45) is 0. The van der Waals surface area contributed by atoms with Crippen molar-refractivity contribution in [3.05, 3.63) is 47.5 Å². The van der Waals surface area contributed by atoms with E-state index in [1.54, 1.807) is 0 Å². The van der Waals surface area contributed by atoms with Crippen molar-refractivity contribution in [1.29, 1.82) is 0 Å². The summed E-state index contributed by atoms with van der Waals surface area (Å²) in [6.45, 7) is 4.97. The van der Waals surface area contributed by atoms with Crippen molar-refractivity contribution in [3.63, 3.8) is 0 Å². The van der Waals surface area contributed by atoms with Gasteiger partial charge in [-0.3, -0.25) is 4.79 Å². The maximum absolute atomic E-state index is 11.3. The zero-order chi connectivity index (χ0) is 16.2. The van der Waals surface area contributed by atoms with E-state index >= 15 is 0 Å². The van der Waals surface area contributed by atoms with Gasteiger partial charge >= 0.3 is 0 Å². The molecule has 2 aromatic rings. The molecule has 3 rings (SSSR count). The molecule has 0 atom stereocenters. The van der Waals surface area contributed by atoms with Gasteiger partial charge in [-0.05, 0) is 42.3 Å². The Morgan fingerprint density at radius 2 is 1.91 bits per heavy atom. The highest BCUT2D eigenvalue weighted by Crippen LogP contribution is 2.32. The molecule has 0 aromatic heterocycles. The molecule has 5 nitrogen and oxygen atoms in total. The summed E-state index contributed by atoms with van der Waals surface area (Å²) in [4.78, 5) is 11.3. The summed E-state index contributed by atoms with van der Waals surface area (Å²) < 4.78 is 17.0. The van der Waals surface area contributed by atoms with Crippen LogP contribution in [-0.2, 0) is 11.4 Å². The molecule has 0 spiro atoms. The number of aryl methyl sites for hydroxylation is 1. The van der Waals surface area contributed by atoms with Crippen molar-refractivity contribution >= 4 is 11.6 Å². The Balaban J connectivity index is 1.75. The lowest BCUT2D eigenvalue weighted by molar-refractivity contribution is -0.114. The molecule has 1 aliphatic heterocycles. The molecule has 1 amide bonds. The van der Waals surface area contributed by atoms with Crippen molar-refractivity contribution < 1.29 is 19.0 Å². The number of ether oxygens (including phenoxy) is 3. The van der Waals surface area contributed by atoms with E-state index in [0.29, 0.717) is 31.3 Å². The number of carbonyl (C=O) groups is 1. The molecule has 0 bridgehead atoms. The third-order valence-corrected chi connectivity index (χ3v) is 3.45. The Morgan fingerprint density at radius 1 is 1.13 bits per heavy atom. The number of amides is 1. The number of hydrogen-bond donors (Lipinski definition) is 1. The van der Waals surface area contributed by atoms with Crippen molar-refractivity contribution in [1.82, 2.24) is 0 Å². The van der Waals surface area contributed by atoms with Crippen LogP contribution in [0.4, 0.5) is 5.69 Å². The molecule has 23 heavy (non-hydrogen) atoms. The van der Waals surface area contributed by atoms with Gasteiger partial charge in [0.25, 0.3) is 0 Å². The summed E-state index contributed by atoms with van der Waals surface area (Å²) in [6, 6.07) is 11.4. The molecule has 1 aliphatic rings. The van der Waals surface area contributed by atoms with Crippen molar-refractivity contribution in [2.75, 3.05) is 18.5 Å². The number of rotatable bonds is 4. The first-order chi connectivity index (χ1) is 11.1. The molecular formula is C18H19NO4. The van der Waals surface area contributed by atoms with Gasteiger partial charge in [-0.25, -0.2) is 0 Å². The van der Waals surface area contributed by atoms with E-state index in [-0.39, 0.29) is 5.91 Å². The molecule has 0 saturated carbocycles. The molecule has 0 aliphatic carbocycles. The maximum atomic E-state index is 11.3. The maximum Gasteiger partial charge on any atom is 0.221 e. The zero-order valence-corrected chi connectivity index (χ0v) is 13.2. The van der Waals surface area contributed by atoms with Crippen molar-refractivity contribution in [3.8, 4) is 17.2 Å². The van der Waals surface area contributed by atoms with Crippen LogP contribution >= 0.6 is 0 Å². The van der Waals surface area contributed by atoms with E-state index < -0.39 is 0 Å². The highest BCUT2D eigenvalue weighted by atomic mass is 16.6. The number of hydrogen-bond acceptors (Lipinski definition) is 4. The van der Waals surface area contributed by atoms with E-state index in [1.807, 2.05) is 43.3 Å². The van der Waals surface area contributed by atoms with Crippen LogP contribution in [0.3, 0.4) is 0 Å². The molecular weight excluding hydrogens is 294 g/mol. The van der Waals surface area contributed by atoms with Crippen molar-refractivity contribution in [2.24, 2.45) is 0 Å². The first-order valence-corrected chi connectivity index (χ1v) is 7.51. The second-order valence-corrected chi connectivity index (χ2v) is 5.45. The van der Waals surface area contributed by atoms with Crippen LogP contribution in [0.2, 0.25) is 0 Å². The largest absolute Gasteiger partial charge is 0.487 e. The fourth-order valence-corrected chi connectivity index (χ4v) is 2.38.